The molecule has 0 fully saturated rings. The van der Waals surface area contributed by atoms with Crippen LogP contribution in [-0.4, -0.2) is 55.7 Å². The minimum Gasteiger partial charge on any atom is -0.459 e. The highest BCUT2D eigenvalue weighted by molar-refractivity contribution is 5.98. The number of alkyl halides is 3. The third-order valence-electron chi connectivity index (χ3n) is 9.39. The second-order valence-electron chi connectivity index (χ2n) is 13.1. The topological polar surface area (TPSA) is 144 Å². The molecule has 52 heavy (non-hydrogen) atoms. The Bertz CT molecular complexity index is 2080. The van der Waals surface area contributed by atoms with Crippen LogP contribution in [0.15, 0.2) is 48.9 Å². The molecule has 3 aromatic heterocycles. The van der Waals surface area contributed by atoms with Crippen molar-refractivity contribution >= 4 is 28.7 Å². The lowest BCUT2D eigenvalue weighted by molar-refractivity contribution is -0.145. The van der Waals surface area contributed by atoms with Gasteiger partial charge in [-0.15, -0.1) is 0 Å². The highest BCUT2D eigenvalue weighted by atomic mass is 19.4. The first-order chi connectivity index (χ1) is 24.8. The van der Waals surface area contributed by atoms with Crippen molar-refractivity contribution in [3.05, 3.63) is 88.3 Å². The number of halogens is 4. The number of amides is 1. The number of hydrogen-bond donors (Lipinski definition) is 3. The number of nitrogens with two attached hydrogens (primary N) is 1. The third-order valence-corrected chi connectivity index (χ3v) is 9.39. The molecular formula is C37H40F4N8O3. The van der Waals surface area contributed by atoms with Crippen LogP contribution in [0.4, 0.5) is 23.5 Å². The minimum atomic E-state index is -4.58. The van der Waals surface area contributed by atoms with Crippen molar-refractivity contribution < 1.29 is 31.9 Å². The lowest BCUT2D eigenvalue weighted by Crippen LogP contribution is -2.45. The maximum atomic E-state index is 16.8. The van der Waals surface area contributed by atoms with Gasteiger partial charge in [-0.25, -0.2) is 19.0 Å². The van der Waals surface area contributed by atoms with Gasteiger partial charge in [0.1, 0.15) is 19.0 Å². The summed E-state index contributed by atoms with van der Waals surface area (Å²) in [5.41, 5.74) is 10.9. The van der Waals surface area contributed by atoms with Crippen LogP contribution in [0.25, 0.3) is 27.8 Å². The van der Waals surface area contributed by atoms with Gasteiger partial charge in [-0.1, -0.05) is 45.9 Å². The molecule has 15 heteroatoms. The molecule has 1 amide bonds. The van der Waals surface area contributed by atoms with Crippen LogP contribution in [0.3, 0.4) is 0 Å². The summed E-state index contributed by atoms with van der Waals surface area (Å²) in [7, 11) is 0. The van der Waals surface area contributed by atoms with Gasteiger partial charge in [-0.3, -0.25) is 9.59 Å². The summed E-state index contributed by atoms with van der Waals surface area (Å²) < 4.78 is 63.8. The number of H-pyrrole nitrogens is 1. The van der Waals surface area contributed by atoms with Gasteiger partial charge in [-0.05, 0) is 42.0 Å². The van der Waals surface area contributed by atoms with E-state index in [1.165, 1.54) is 6.07 Å². The van der Waals surface area contributed by atoms with Crippen LogP contribution in [0.2, 0.25) is 0 Å². The number of nitrogens with one attached hydrogen (secondary N) is 2. The third kappa shape index (κ3) is 7.09. The molecule has 1 aliphatic rings. The Labute approximate surface area is 297 Å². The molecule has 0 saturated heterocycles. The predicted molar refractivity (Wildman–Crippen MR) is 187 cm³/mol. The Hall–Kier alpha value is -5.31. The zero-order valence-corrected chi connectivity index (χ0v) is 29.3. The number of fused-ring (bicyclic) bond motifs is 2. The van der Waals surface area contributed by atoms with E-state index in [0.717, 1.165) is 34.9 Å². The lowest BCUT2D eigenvalue weighted by Gasteiger charge is -2.27. The maximum Gasteiger partial charge on any atom is 0.419 e. The summed E-state index contributed by atoms with van der Waals surface area (Å²) >= 11 is 0. The van der Waals surface area contributed by atoms with Crippen molar-refractivity contribution in [1.82, 2.24) is 30.0 Å². The van der Waals surface area contributed by atoms with E-state index in [2.05, 4.69) is 20.3 Å². The number of aryl methyl sites for hydroxylation is 2. The largest absolute Gasteiger partial charge is 0.459 e. The van der Waals surface area contributed by atoms with Gasteiger partial charge in [0, 0.05) is 60.2 Å². The van der Waals surface area contributed by atoms with E-state index in [1.807, 2.05) is 32.0 Å². The molecule has 1 aliphatic heterocycles. The van der Waals surface area contributed by atoms with Crippen molar-refractivity contribution in [2.45, 2.75) is 72.3 Å². The second kappa shape index (κ2) is 14.7. The number of hydrogen-bond acceptors (Lipinski definition) is 8. The maximum absolute atomic E-state index is 16.8. The zero-order chi connectivity index (χ0) is 37.3. The van der Waals surface area contributed by atoms with E-state index in [9.17, 15) is 22.8 Å². The molecule has 6 rings (SSSR count). The fourth-order valence-electron chi connectivity index (χ4n) is 6.49. The molecule has 1 atom stereocenters. The first-order valence-electron chi connectivity index (χ1n) is 17.2. The number of nitrogens with zero attached hydrogens (tertiary/aromatic N) is 5. The van der Waals surface area contributed by atoms with Gasteiger partial charge in [0.25, 0.3) is 0 Å². The van der Waals surface area contributed by atoms with E-state index < -0.39 is 42.0 Å². The van der Waals surface area contributed by atoms with Crippen molar-refractivity contribution in [3.63, 3.8) is 0 Å². The van der Waals surface area contributed by atoms with Crippen molar-refractivity contribution in [2.24, 2.45) is 11.7 Å². The summed E-state index contributed by atoms with van der Waals surface area (Å²) in [5, 5.41) is 8.06. The SMILES string of the molecule is CCc1cccc(CC)c1-n1nc2c(c1-c1c(F)cc(COC(=O)CNC(=O)[C@@H](N)C(C)C)c3[nH]ccc13)CN(c1ncc(C(F)(F)F)cn1)CC2. The van der Waals surface area contributed by atoms with Crippen LogP contribution in [-0.2, 0) is 52.9 Å². The molecule has 274 valence electrons. The Morgan fingerprint density at radius 3 is 2.40 bits per heavy atom. The molecule has 4 N–H and O–H groups in total. The predicted octanol–water partition coefficient (Wildman–Crippen LogP) is 5.80. The average molecular weight is 721 g/mol. The number of esters is 1. The summed E-state index contributed by atoms with van der Waals surface area (Å²) in [5.74, 6) is -1.78. The van der Waals surface area contributed by atoms with Crippen LogP contribution < -0.4 is 16.0 Å². The van der Waals surface area contributed by atoms with Crippen LogP contribution in [0.5, 0.6) is 0 Å². The number of rotatable bonds is 11. The van der Waals surface area contributed by atoms with Gasteiger partial charge in [-0.2, -0.15) is 18.3 Å². The number of ether oxygens (including phenoxy) is 1. The number of benzene rings is 2. The van der Waals surface area contributed by atoms with E-state index in [4.69, 9.17) is 15.6 Å². The first-order valence-corrected chi connectivity index (χ1v) is 17.2. The monoisotopic (exact) mass is 720 g/mol. The summed E-state index contributed by atoms with van der Waals surface area (Å²) in [6.45, 7) is 7.56. The molecule has 2 aromatic carbocycles. The molecule has 4 heterocycles. The van der Waals surface area contributed by atoms with E-state index in [0.29, 0.717) is 53.5 Å². The standard InChI is InChI=1S/C37H40F4N8O3/c1-5-21-8-7-9-22(6-2)33(21)49-34(26-18-48(13-11-28(26)47-49)36-45-15-24(16-46-36)37(39,40)41)30-25-10-12-43-32(25)23(14-27(30)38)19-52-29(50)17-44-35(51)31(42)20(3)4/h7-10,12,14-16,20,31,43H,5-6,11,13,17-19,42H2,1-4H3,(H,44,51)/t31-/m0/s1. The molecule has 0 bridgehead atoms. The van der Waals surface area contributed by atoms with E-state index in [1.54, 1.807) is 35.7 Å². The fourth-order valence-corrected chi connectivity index (χ4v) is 6.49. The van der Waals surface area contributed by atoms with Crippen molar-refractivity contribution in [2.75, 3.05) is 18.0 Å². The van der Waals surface area contributed by atoms with Gasteiger partial charge in [0.15, 0.2) is 0 Å². The quantitative estimate of drug-likeness (QED) is 0.115. The Morgan fingerprint density at radius 1 is 1.08 bits per heavy atom. The molecule has 0 unspecified atom stereocenters. The normalized spacial score (nSPS) is 13.8. The number of carbonyl (C=O) groups excluding carboxylic acids is 2. The van der Waals surface area contributed by atoms with Crippen molar-refractivity contribution in [1.29, 1.82) is 0 Å². The molecule has 11 nitrogen and oxygen atoms in total. The number of aromatic amines is 1. The van der Waals surface area contributed by atoms with Gasteiger partial charge >= 0.3 is 12.1 Å². The highest BCUT2D eigenvalue weighted by Crippen LogP contribution is 2.41. The first kappa shape index (κ1) is 36.5. The van der Waals surface area contributed by atoms with E-state index >= 15 is 4.39 Å². The zero-order valence-electron chi connectivity index (χ0n) is 29.3. The van der Waals surface area contributed by atoms with E-state index in [-0.39, 0.29) is 30.6 Å². The minimum absolute atomic E-state index is 0.118. The molecule has 5 aromatic rings. The summed E-state index contributed by atoms with van der Waals surface area (Å²) in [4.78, 5) is 37.7. The van der Waals surface area contributed by atoms with Gasteiger partial charge in [0.05, 0.1) is 34.2 Å². The fraction of sp³-hybridized carbons (Fsp3) is 0.378. The molecule has 0 aliphatic carbocycles. The second-order valence-corrected chi connectivity index (χ2v) is 13.1. The van der Waals surface area contributed by atoms with Gasteiger partial charge in [0.2, 0.25) is 11.9 Å². The Morgan fingerprint density at radius 2 is 1.77 bits per heavy atom. The number of para-hydroxylation sites is 1. The Balaban J connectivity index is 1.41. The number of carbonyl (C=O) groups is 2. The molecular weight excluding hydrogens is 680 g/mol. The van der Waals surface area contributed by atoms with Crippen LogP contribution >= 0.6 is 0 Å². The summed E-state index contributed by atoms with van der Waals surface area (Å²) in [6, 6.07) is 8.28. The van der Waals surface area contributed by atoms with Crippen LogP contribution in [0.1, 0.15) is 61.2 Å². The van der Waals surface area contributed by atoms with Gasteiger partial charge < -0.3 is 25.7 Å². The molecule has 0 radical (unpaired) electrons. The molecule has 0 saturated carbocycles. The lowest BCUT2D eigenvalue weighted by atomic mass is 9.95. The number of aromatic nitrogens is 5. The smallest absolute Gasteiger partial charge is 0.419 e. The molecule has 0 spiro atoms. The average Bonchev–Trinajstić information content (AvgIpc) is 3.77. The van der Waals surface area contributed by atoms with Crippen LogP contribution in [0, 0.1) is 11.7 Å². The van der Waals surface area contributed by atoms with Crippen molar-refractivity contribution in [3.8, 4) is 16.9 Å². The highest BCUT2D eigenvalue weighted by Gasteiger charge is 2.34. The summed E-state index contributed by atoms with van der Waals surface area (Å²) in [6.07, 6.45) is 0.406. The Kier molecular flexibility index (Phi) is 10.3. The number of anilines is 1.